The van der Waals surface area contributed by atoms with Gasteiger partial charge in [0.1, 0.15) is 12.4 Å². The van der Waals surface area contributed by atoms with E-state index >= 15 is 0 Å². The highest BCUT2D eigenvalue weighted by molar-refractivity contribution is 7.11. The number of fused-ring (bicyclic) bond motifs is 2. The van der Waals surface area contributed by atoms with Gasteiger partial charge in [0.15, 0.2) is 0 Å². The number of hydrogen-bond acceptors (Lipinski definition) is 5. The average molecular weight is 531 g/mol. The molecule has 3 aliphatic heterocycles. The smallest absolute Gasteiger partial charge is 0.313 e. The van der Waals surface area contributed by atoms with Gasteiger partial charge in [-0.3, -0.25) is 4.79 Å². The van der Waals surface area contributed by atoms with Crippen LogP contribution in [0.2, 0.25) is 0 Å². The molecule has 2 saturated heterocycles. The zero-order chi connectivity index (χ0) is 24.4. The van der Waals surface area contributed by atoms with Crippen molar-refractivity contribution in [2.75, 3.05) is 39.3 Å². The second-order valence-corrected chi connectivity index (χ2v) is 11.7. The second-order valence-electron chi connectivity index (χ2n) is 10.8. The maximum absolute atomic E-state index is 12.0. The van der Waals surface area contributed by atoms with Gasteiger partial charge < -0.3 is 19.6 Å². The third kappa shape index (κ3) is 5.67. The standard InChI is InChI=1S/C29H38N2O3S.ClH/c1-29(2,28(32)33)23-7-8-25-24(19-23)26(27-22(20-34-25)11-18-35-27)21-9-16-31(17-10-21)15-6-14-30-12-4-3-5-13-30;/h7-8,11,18-19H,3-6,9-10,12-17,20H2,1-2H3,(H,32,33);1H. The Bertz CT molecular complexity index is 1090. The molecule has 196 valence electrons. The molecule has 1 aromatic carbocycles. The SMILES string of the molecule is CC(C)(C(=O)O)c1ccc2c(c1)C(=C1CCN(CCCN3CCCCC3)CC1)c1sccc1CO2.Cl. The van der Waals surface area contributed by atoms with Crippen molar-refractivity contribution >= 4 is 35.3 Å². The van der Waals surface area contributed by atoms with Crippen molar-refractivity contribution < 1.29 is 14.6 Å². The number of carboxylic acid groups (broad SMARTS) is 1. The molecule has 36 heavy (non-hydrogen) atoms. The van der Waals surface area contributed by atoms with Crippen molar-refractivity contribution in [1.29, 1.82) is 0 Å². The lowest BCUT2D eigenvalue weighted by Crippen LogP contribution is -2.35. The van der Waals surface area contributed by atoms with Crippen LogP contribution in [0.1, 0.15) is 73.9 Å². The van der Waals surface area contributed by atoms with E-state index < -0.39 is 11.4 Å². The molecule has 5 nitrogen and oxygen atoms in total. The Kier molecular flexibility index (Phi) is 8.82. The molecule has 0 unspecified atom stereocenters. The number of rotatable bonds is 6. The van der Waals surface area contributed by atoms with Gasteiger partial charge in [0.2, 0.25) is 0 Å². The maximum Gasteiger partial charge on any atom is 0.313 e. The van der Waals surface area contributed by atoms with E-state index in [1.54, 1.807) is 25.2 Å². The molecular formula is C29H39ClN2O3S. The number of hydrogen-bond donors (Lipinski definition) is 1. The molecule has 4 heterocycles. The highest BCUT2D eigenvalue weighted by Gasteiger charge is 2.32. The van der Waals surface area contributed by atoms with Crippen LogP contribution in [-0.4, -0.2) is 60.1 Å². The predicted octanol–water partition coefficient (Wildman–Crippen LogP) is 6.20. The second kappa shape index (κ2) is 11.7. The van der Waals surface area contributed by atoms with Crippen LogP contribution >= 0.6 is 23.7 Å². The van der Waals surface area contributed by atoms with Crippen molar-refractivity contribution in [1.82, 2.24) is 9.80 Å². The van der Waals surface area contributed by atoms with E-state index in [9.17, 15) is 9.90 Å². The van der Waals surface area contributed by atoms with Gasteiger partial charge >= 0.3 is 5.97 Å². The number of carboxylic acids is 1. The number of aliphatic carboxylic acids is 1. The van der Waals surface area contributed by atoms with E-state index in [0.717, 1.165) is 42.8 Å². The van der Waals surface area contributed by atoms with Crippen LogP contribution in [0, 0.1) is 0 Å². The fourth-order valence-corrected chi connectivity index (χ4v) is 6.68. The van der Waals surface area contributed by atoms with E-state index in [1.807, 2.05) is 12.1 Å². The zero-order valence-electron chi connectivity index (χ0n) is 21.6. The van der Waals surface area contributed by atoms with E-state index in [-0.39, 0.29) is 12.4 Å². The first-order chi connectivity index (χ1) is 16.9. The van der Waals surface area contributed by atoms with Gasteiger partial charge in [-0.25, -0.2) is 0 Å². The summed E-state index contributed by atoms with van der Waals surface area (Å²) in [6, 6.07) is 8.14. The normalized spacial score (nSPS) is 19.1. The van der Waals surface area contributed by atoms with Gasteiger partial charge in [-0.2, -0.15) is 0 Å². The van der Waals surface area contributed by atoms with Gasteiger partial charge in [0.05, 0.1) is 5.41 Å². The Hall–Kier alpha value is -1.86. The topological polar surface area (TPSA) is 53.0 Å². The molecule has 3 aliphatic rings. The van der Waals surface area contributed by atoms with Crippen LogP contribution in [0.5, 0.6) is 5.75 Å². The summed E-state index contributed by atoms with van der Waals surface area (Å²) in [5.41, 5.74) is 4.94. The van der Waals surface area contributed by atoms with Gasteiger partial charge in [-0.05, 0) is 101 Å². The van der Waals surface area contributed by atoms with E-state index in [1.165, 1.54) is 73.4 Å². The number of carbonyl (C=O) groups is 1. The van der Waals surface area contributed by atoms with Gasteiger partial charge in [0, 0.05) is 34.7 Å². The Morgan fingerprint density at radius 1 is 1.03 bits per heavy atom. The molecule has 1 aromatic heterocycles. The van der Waals surface area contributed by atoms with Gasteiger partial charge in [-0.15, -0.1) is 23.7 Å². The summed E-state index contributed by atoms with van der Waals surface area (Å²) in [7, 11) is 0. The van der Waals surface area contributed by atoms with E-state index in [4.69, 9.17) is 4.74 Å². The molecule has 2 fully saturated rings. The molecule has 0 bridgehead atoms. The summed E-state index contributed by atoms with van der Waals surface area (Å²) in [6.07, 6.45) is 7.50. The lowest BCUT2D eigenvalue weighted by Gasteiger charge is -2.32. The van der Waals surface area contributed by atoms with Crippen LogP contribution in [-0.2, 0) is 16.8 Å². The first-order valence-corrected chi connectivity index (χ1v) is 14.1. The minimum Gasteiger partial charge on any atom is -0.488 e. The van der Waals surface area contributed by atoms with Crippen molar-refractivity contribution in [3.63, 3.8) is 0 Å². The third-order valence-corrected chi connectivity index (χ3v) is 9.05. The molecule has 0 amide bonds. The van der Waals surface area contributed by atoms with Crippen LogP contribution in [0.4, 0.5) is 0 Å². The summed E-state index contributed by atoms with van der Waals surface area (Å²) in [4.78, 5) is 18.5. The third-order valence-electron chi connectivity index (χ3n) is 8.07. The monoisotopic (exact) mass is 530 g/mol. The quantitative estimate of drug-likeness (QED) is 0.482. The van der Waals surface area contributed by atoms with Crippen molar-refractivity contribution in [3.8, 4) is 5.75 Å². The molecule has 0 radical (unpaired) electrons. The minimum atomic E-state index is -0.951. The van der Waals surface area contributed by atoms with Crippen LogP contribution in [0.15, 0.2) is 35.2 Å². The van der Waals surface area contributed by atoms with Crippen LogP contribution < -0.4 is 4.74 Å². The number of piperidine rings is 2. The molecule has 0 atom stereocenters. The summed E-state index contributed by atoms with van der Waals surface area (Å²) in [5.74, 6) is 0.0562. The highest BCUT2D eigenvalue weighted by Crippen LogP contribution is 2.44. The fourth-order valence-electron chi connectivity index (χ4n) is 5.66. The summed E-state index contributed by atoms with van der Waals surface area (Å²) in [5, 5.41) is 12.0. The maximum atomic E-state index is 12.0. The minimum absolute atomic E-state index is 0. The molecule has 1 N–H and O–H groups in total. The number of halogens is 1. The predicted molar refractivity (Wildman–Crippen MR) is 150 cm³/mol. The molecule has 0 aliphatic carbocycles. The van der Waals surface area contributed by atoms with Gasteiger partial charge in [-0.1, -0.05) is 18.1 Å². The number of thiophene rings is 1. The summed E-state index contributed by atoms with van der Waals surface area (Å²) < 4.78 is 6.22. The molecule has 2 aromatic rings. The number of ether oxygens (including phenoxy) is 1. The largest absolute Gasteiger partial charge is 0.488 e. The summed E-state index contributed by atoms with van der Waals surface area (Å²) in [6.45, 7) is 11.3. The van der Waals surface area contributed by atoms with Crippen molar-refractivity contribution in [2.45, 2.75) is 64.4 Å². The Labute approximate surface area is 225 Å². The van der Waals surface area contributed by atoms with Gasteiger partial charge in [0.25, 0.3) is 0 Å². The average Bonchev–Trinajstić information content (AvgIpc) is 3.27. The molecular weight excluding hydrogens is 492 g/mol. The number of nitrogens with zero attached hydrogens (tertiary/aromatic N) is 2. The molecule has 7 heteroatoms. The highest BCUT2D eigenvalue weighted by atomic mass is 35.5. The zero-order valence-corrected chi connectivity index (χ0v) is 23.2. The first kappa shape index (κ1) is 27.2. The molecule has 5 rings (SSSR count). The van der Waals surface area contributed by atoms with Crippen molar-refractivity contribution in [2.24, 2.45) is 0 Å². The van der Waals surface area contributed by atoms with Crippen molar-refractivity contribution in [3.05, 3.63) is 56.8 Å². The van der Waals surface area contributed by atoms with Crippen LogP contribution in [0.3, 0.4) is 0 Å². The lowest BCUT2D eigenvalue weighted by atomic mass is 9.82. The van der Waals surface area contributed by atoms with E-state index in [2.05, 4.69) is 27.3 Å². The summed E-state index contributed by atoms with van der Waals surface area (Å²) >= 11 is 1.78. The molecule has 0 spiro atoms. The Morgan fingerprint density at radius 2 is 1.72 bits per heavy atom. The first-order valence-electron chi connectivity index (χ1n) is 13.2. The van der Waals surface area contributed by atoms with Crippen LogP contribution in [0.25, 0.3) is 5.57 Å². The Morgan fingerprint density at radius 3 is 2.42 bits per heavy atom. The number of benzene rings is 1. The lowest BCUT2D eigenvalue weighted by molar-refractivity contribution is -0.142. The Balaban J connectivity index is 0.00000304. The fraction of sp³-hybridized carbons (Fsp3) is 0.552. The molecule has 0 saturated carbocycles. The van der Waals surface area contributed by atoms with E-state index in [0.29, 0.717) is 6.61 Å². The number of likely N-dealkylation sites (tertiary alicyclic amines) is 2.